The van der Waals surface area contributed by atoms with Gasteiger partial charge < -0.3 is 15.2 Å². The molecule has 0 heterocycles. The quantitative estimate of drug-likeness (QED) is 0.769. The van der Waals surface area contributed by atoms with Gasteiger partial charge in [-0.25, -0.2) is 0 Å². The van der Waals surface area contributed by atoms with E-state index in [-0.39, 0.29) is 5.41 Å². The highest BCUT2D eigenvalue weighted by atomic mass is 79.9. The third-order valence-corrected chi connectivity index (χ3v) is 3.73. The molecule has 1 unspecified atom stereocenters. The van der Waals surface area contributed by atoms with Gasteiger partial charge in [-0.15, -0.1) is 0 Å². The average Bonchev–Trinajstić information content (AvgIpc) is 2.38. The van der Waals surface area contributed by atoms with Crippen LogP contribution in [0.25, 0.3) is 0 Å². The van der Waals surface area contributed by atoms with Crippen molar-refractivity contribution >= 4 is 15.9 Å². The summed E-state index contributed by atoms with van der Waals surface area (Å²) in [5.74, 6) is 0.774. The summed E-state index contributed by atoms with van der Waals surface area (Å²) in [6.45, 7) is 8.37. The van der Waals surface area contributed by atoms with Crippen LogP contribution < -0.4 is 10.1 Å². The summed E-state index contributed by atoms with van der Waals surface area (Å²) in [6, 6.07) is 7.60. The molecule has 0 aliphatic heterocycles. The van der Waals surface area contributed by atoms with Crippen molar-refractivity contribution in [3.63, 3.8) is 0 Å². The Labute approximate surface area is 124 Å². The van der Waals surface area contributed by atoms with Crippen LogP contribution in [0.1, 0.15) is 27.2 Å². The first-order valence-corrected chi connectivity index (χ1v) is 7.49. The number of aliphatic hydroxyl groups is 1. The van der Waals surface area contributed by atoms with Crippen molar-refractivity contribution in [3.05, 3.63) is 28.7 Å². The lowest BCUT2D eigenvalue weighted by molar-refractivity contribution is 0.103. The average molecular weight is 330 g/mol. The molecule has 1 atom stereocenters. The molecule has 1 aromatic carbocycles. The number of hydrogen-bond donors (Lipinski definition) is 2. The Morgan fingerprint density at radius 2 is 1.95 bits per heavy atom. The standard InChI is InChI=1S/C15H24BrNO2/c1-4-15(2,3)11-17-9-13(18)10-19-14-7-5-12(16)6-8-14/h5-8,13,17-18H,4,9-11H2,1-3H3. The maximum absolute atomic E-state index is 9.84. The predicted molar refractivity (Wildman–Crippen MR) is 82.6 cm³/mol. The van der Waals surface area contributed by atoms with E-state index in [1.807, 2.05) is 24.3 Å². The number of halogens is 1. The molecule has 19 heavy (non-hydrogen) atoms. The topological polar surface area (TPSA) is 41.5 Å². The minimum Gasteiger partial charge on any atom is -0.491 e. The van der Waals surface area contributed by atoms with Gasteiger partial charge >= 0.3 is 0 Å². The van der Waals surface area contributed by atoms with Gasteiger partial charge in [0.15, 0.2) is 0 Å². The first kappa shape index (κ1) is 16.5. The van der Waals surface area contributed by atoms with Crippen LogP contribution in [-0.2, 0) is 0 Å². The van der Waals surface area contributed by atoms with E-state index < -0.39 is 6.10 Å². The summed E-state index contributed by atoms with van der Waals surface area (Å²) in [5.41, 5.74) is 0.270. The molecule has 0 bridgehead atoms. The molecule has 0 saturated carbocycles. The van der Waals surface area contributed by atoms with Gasteiger partial charge in [-0.05, 0) is 36.1 Å². The number of benzene rings is 1. The molecule has 3 nitrogen and oxygen atoms in total. The fourth-order valence-corrected chi connectivity index (χ4v) is 1.75. The van der Waals surface area contributed by atoms with Crippen molar-refractivity contribution in [1.29, 1.82) is 0 Å². The second-order valence-corrected chi connectivity index (χ2v) is 6.48. The molecular weight excluding hydrogens is 306 g/mol. The highest BCUT2D eigenvalue weighted by Gasteiger charge is 2.15. The van der Waals surface area contributed by atoms with Crippen LogP contribution in [0, 0.1) is 5.41 Å². The maximum atomic E-state index is 9.84. The fourth-order valence-electron chi connectivity index (χ4n) is 1.48. The third-order valence-electron chi connectivity index (χ3n) is 3.20. The van der Waals surface area contributed by atoms with E-state index in [1.54, 1.807) is 0 Å². The monoisotopic (exact) mass is 329 g/mol. The molecule has 4 heteroatoms. The van der Waals surface area contributed by atoms with E-state index in [0.29, 0.717) is 13.2 Å². The van der Waals surface area contributed by atoms with Crippen molar-refractivity contribution in [2.45, 2.75) is 33.3 Å². The molecule has 0 spiro atoms. The molecule has 0 saturated heterocycles. The largest absolute Gasteiger partial charge is 0.491 e. The fraction of sp³-hybridized carbons (Fsp3) is 0.600. The summed E-state index contributed by atoms with van der Waals surface area (Å²) >= 11 is 3.37. The van der Waals surface area contributed by atoms with Crippen LogP contribution in [0.15, 0.2) is 28.7 Å². The molecule has 0 aliphatic carbocycles. The van der Waals surface area contributed by atoms with Crippen LogP contribution in [0.5, 0.6) is 5.75 Å². The number of rotatable bonds is 8. The zero-order valence-corrected chi connectivity index (χ0v) is 13.5. The number of hydrogen-bond acceptors (Lipinski definition) is 3. The van der Waals surface area contributed by atoms with Gasteiger partial charge in [0.25, 0.3) is 0 Å². The van der Waals surface area contributed by atoms with Gasteiger partial charge in [-0.3, -0.25) is 0 Å². The van der Waals surface area contributed by atoms with Crippen LogP contribution in [0.4, 0.5) is 0 Å². The SMILES string of the molecule is CCC(C)(C)CNCC(O)COc1ccc(Br)cc1. The van der Waals surface area contributed by atoms with Crippen LogP contribution in [-0.4, -0.2) is 30.9 Å². The van der Waals surface area contributed by atoms with Crippen molar-refractivity contribution in [1.82, 2.24) is 5.32 Å². The number of ether oxygens (including phenoxy) is 1. The smallest absolute Gasteiger partial charge is 0.119 e. The molecule has 1 aromatic rings. The highest BCUT2D eigenvalue weighted by Crippen LogP contribution is 2.18. The Morgan fingerprint density at radius 3 is 2.53 bits per heavy atom. The van der Waals surface area contributed by atoms with Gasteiger partial charge in [0, 0.05) is 17.6 Å². The summed E-state index contributed by atoms with van der Waals surface area (Å²) < 4.78 is 6.54. The van der Waals surface area contributed by atoms with Crippen molar-refractivity contribution in [2.75, 3.05) is 19.7 Å². The first-order valence-electron chi connectivity index (χ1n) is 6.70. The normalized spacial score (nSPS) is 13.3. The van der Waals surface area contributed by atoms with E-state index in [4.69, 9.17) is 4.74 Å². The minimum atomic E-state index is -0.490. The van der Waals surface area contributed by atoms with Crippen LogP contribution in [0.2, 0.25) is 0 Å². The second kappa shape index (κ2) is 7.88. The molecule has 108 valence electrons. The summed E-state index contributed by atoms with van der Waals surface area (Å²) in [4.78, 5) is 0. The van der Waals surface area contributed by atoms with Crippen molar-refractivity contribution < 1.29 is 9.84 Å². The molecule has 0 aromatic heterocycles. The van der Waals surface area contributed by atoms with Gasteiger partial charge in [0.1, 0.15) is 18.5 Å². The molecule has 0 radical (unpaired) electrons. The molecule has 0 aliphatic rings. The molecular formula is C15H24BrNO2. The summed E-state index contributed by atoms with van der Waals surface area (Å²) in [7, 11) is 0. The Balaban J connectivity index is 2.21. The Hall–Kier alpha value is -0.580. The Morgan fingerprint density at radius 1 is 1.32 bits per heavy atom. The zero-order chi connectivity index (χ0) is 14.3. The lowest BCUT2D eigenvalue weighted by atomic mass is 9.90. The third kappa shape index (κ3) is 6.95. The van der Waals surface area contributed by atoms with Gasteiger partial charge in [-0.1, -0.05) is 36.7 Å². The van der Waals surface area contributed by atoms with Crippen LogP contribution in [0.3, 0.4) is 0 Å². The lowest BCUT2D eigenvalue weighted by Crippen LogP contribution is -2.36. The molecule has 0 amide bonds. The van der Waals surface area contributed by atoms with Gasteiger partial charge in [0.2, 0.25) is 0 Å². The highest BCUT2D eigenvalue weighted by molar-refractivity contribution is 9.10. The first-order chi connectivity index (χ1) is 8.93. The molecule has 2 N–H and O–H groups in total. The van der Waals surface area contributed by atoms with Crippen molar-refractivity contribution in [3.8, 4) is 5.75 Å². The van der Waals surface area contributed by atoms with E-state index in [1.165, 1.54) is 0 Å². The number of nitrogens with one attached hydrogen (secondary N) is 1. The summed E-state index contributed by atoms with van der Waals surface area (Å²) in [5, 5.41) is 13.1. The summed E-state index contributed by atoms with van der Waals surface area (Å²) in [6.07, 6.45) is 0.627. The Kier molecular flexibility index (Phi) is 6.83. The maximum Gasteiger partial charge on any atom is 0.119 e. The van der Waals surface area contributed by atoms with Crippen LogP contribution >= 0.6 is 15.9 Å². The molecule has 0 fully saturated rings. The van der Waals surface area contributed by atoms with E-state index >= 15 is 0 Å². The van der Waals surface area contributed by atoms with E-state index in [0.717, 1.165) is 23.2 Å². The predicted octanol–water partition coefficient (Wildman–Crippen LogP) is 3.21. The zero-order valence-electron chi connectivity index (χ0n) is 11.9. The van der Waals surface area contributed by atoms with E-state index in [2.05, 4.69) is 42.0 Å². The molecule has 1 rings (SSSR count). The minimum absolute atomic E-state index is 0.270. The van der Waals surface area contributed by atoms with E-state index in [9.17, 15) is 5.11 Å². The van der Waals surface area contributed by atoms with Gasteiger partial charge in [0.05, 0.1) is 0 Å². The van der Waals surface area contributed by atoms with Crippen molar-refractivity contribution in [2.24, 2.45) is 5.41 Å². The Bertz CT molecular complexity index is 365. The lowest BCUT2D eigenvalue weighted by Gasteiger charge is -2.24. The second-order valence-electron chi connectivity index (χ2n) is 5.57. The van der Waals surface area contributed by atoms with Gasteiger partial charge in [-0.2, -0.15) is 0 Å². The number of aliphatic hydroxyl groups excluding tert-OH is 1.